The summed E-state index contributed by atoms with van der Waals surface area (Å²) >= 11 is 1.71. The van der Waals surface area contributed by atoms with Crippen LogP contribution in [0.2, 0.25) is 0 Å². The molecule has 1 aromatic heterocycles. The van der Waals surface area contributed by atoms with Gasteiger partial charge in [0.15, 0.2) is 0 Å². The molecular weight excluding hydrogens is 294 g/mol. The van der Waals surface area contributed by atoms with Crippen molar-refractivity contribution in [1.29, 1.82) is 0 Å². The number of thiophene rings is 1. The highest BCUT2D eigenvalue weighted by molar-refractivity contribution is 7.07. The number of aliphatic hydroxyl groups excluding tert-OH is 1. The maximum Gasteiger partial charge on any atom is 0.119 e. The van der Waals surface area contributed by atoms with E-state index in [9.17, 15) is 5.11 Å². The van der Waals surface area contributed by atoms with Crippen molar-refractivity contribution in [2.24, 2.45) is 0 Å². The summed E-state index contributed by atoms with van der Waals surface area (Å²) in [5.74, 6) is 0.800. The minimum absolute atomic E-state index is 0.320. The largest absolute Gasteiger partial charge is 0.491 e. The van der Waals surface area contributed by atoms with Crippen LogP contribution in [-0.4, -0.2) is 35.3 Å². The molecule has 3 nitrogen and oxygen atoms in total. The van der Waals surface area contributed by atoms with E-state index in [2.05, 4.69) is 35.6 Å². The summed E-state index contributed by atoms with van der Waals surface area (Å²) in [5, 5.41) is 14.6. The molecule has 0 aliphatic rings. The van der Waals surface area contributed by atoms with Crippen LogP contribution in [0.1, 0.15) is 25.8 Å². The molecule has 0 saturated heterocycles. The van der Waals surface area contributed by atoms with Gasteiger partial charge in [-0.25, -0.2) is 0 Å². The minimum atomic E-state index is -0.493. The molecule has 2 aromatic rings. The summed E-state index contributed by atoms with van der Waals surface area (Å²) in [5.41, 5.74) is 1.31. The van der Waals surface area contributed by atoms with Crippen LogP contribution in [0.25, 0.3) is 0 Å². The maximum absolute atomic E-state index is 10.3. The zero-order valence-electron chi connectivity index (χ0n) is 13.3. The summed E-state index contributed by atoms with van der Waals surface area (Å²) in [6, 6.07) is 12.2. The Morgan fingerprint density at radius 1 is 1.23 bits per heavy atom. The molecule has 22 heavy (non-hydrogen) atoms. The fourth-order valence-electron chi connectivity index (χ4n) is 2.31. The zero-order valence-corrected chi connectivity index (χ0v) is 14.1. The minimum Gasteiger partial charge on any atom is -0.491 e. The molecular formula is C18H25NO2S. The standard InChI is InChI=1S/C18H25NO2S/c1-3-15(2)19(11-16-9-10-22-14-16)12-17(20)13-21-18-7-5-4-6-8-18/h4-10,14-15,17,20H,3,11-13H2,1-2H3. The number of benzene rings is 1. The number of ether oxygens (including phenoxy) is 1. The molecule has 1 aromatic carbocycles. The van der Waals surface area contributed by atoms with Gasteiger partial charge in [-0.05, 0) is 47.9 Å². The van der Waals surface area contributed by atoms with Crippen LogP contribution in [0, 0.1) is 0 Å². The molecule has 0 amide bonds. The molecule has 0 bridgehead atoms. The Bertz CT molecular complexity index is 515. The monoisotopic (exact) mass is 319 g/mol. The lowest BCUT2D eigenvalue weighted by molar-refractivity contribution is 0.0507. The highest BCUT2D eigenvalue weighted by atomic mass is 32.1. The van der Waals surface area contributed by atoms with Crippen LogP contribution in [0.5, 0.6) is 5.75 Å². The first-order chi connectivity index (χ1) is 10.7. The molecule has 2 atom stereocenters. The number of rotatable bonds is 9. The number of hydrogen-bond donors (Lipinski definition) is 1. The Hall–Kier alpha value is -1.36. The van der Waals surface area contributed by atoms with Crippen molar-refractivity contribution in [3.05, 3.63) is 52.7 Å². The number of hydrogen-bond acceptors (Lipinski definition) is 4. The second-order valence-corrected chi connectivity index (χ2v) is 6.38. The summed E-state index contributed by atoms with van der Waals surface area (Å²) < 4.78 is 5.64. The molecule has 0 spiro atoms. The van der Waals surface area contributed by atoms with Crippen molar-refractivity contribution in [2.45, 2.75) is 39.0 Å². The average Bonchev–Trinajstić information content (AvgIpc) is 3.05. The SMILES string of the molecule is CCC(C)N(Cc1ccsc1)CC(O)COc1ccccc1. The van der Waals surface area contributed by atoms with Gasteiger partial charge in [0.25, 0.3) is 0 Å². The third-order valence-corrected chi connectivity index (χ3v) is 4.54. The predicted octanol–water partition coefficient (Wildman–Crippen LogP) is 3.79. The van der Waals surface area contributed by atoms with E-state index in [-0.39, 0.29) is 0 Å². The second-order valence-electron chi connectivity index (χ2n) is 5.60. The molecule has 0 aliphatic carbocycles. The van der Waals surface area contributed by atoms with Crippen LogP contribution < -0.4 is 4.74 Å². The van der Waals surface area contributed by atoms with Crippen molar-refractivity contribution in [2.75, 3.05) is 13.2 Å². The first-order valence-corrected chi connectivity index (χ1v) is 8.74. The molecule has 2 unspecified atom stereocenters. The molecule has 0 radical (unpaired) electrons. The van der Waals surface area contributed by atoms with Crippen molar-refractivity contribution < 1.29 is 9.84 Å². The molecule has 1 heterocycles. The third kappa shape index (κ3) is 5.44. The van der Waals surface area contributed by atoms with Crippen LogP contribution in [-0.2, 0) is 6.54 Å². The van der Waals surface area contributed by atoms with Gasteiger partial charge in [-0.3, -0.25) is 4.90 Å². The number of para-hydroxylation sites is 1. The summed E-state index contributed by atoms with van der Waals surface area (Å²) in [6.07, 6.45) is 0.573. The van der Waals surface area contributed by atoms with Gasteiger partial charge < -0.3 is 9.84 Å². The number of aliphatic hydroxyl groups is 1. The van der Waals surface area contributed by atoms with Gasteiger partial charge >= 0.3 is 0 Å². The Morgan fingerprint density at radius 3 is 2.64 bits per heavy atom. The normalized spacial score (nSPS) is 14.0. The number of nitrogens with zero attached hydrogens (tertiary/aromatic N) is 1. The summed E-state index contributed by atoms with van der Waals surface area (Å²) in [7, 11) is 0. The lowest BCUT2D eigenvalue weighted by Gasteiger charge is -2.30. The fraction of sp³-hybridized carbons (Fsp3) is 0.444. The average molecular weight is 319 g/mol. The molecule has 1 N–H and O–H groups in total. The molecule has 2 rings (SSSR count). The molecule has 0 aliphatic heterocycles. The third-order valence-electron chi connectivity index (χ3n) is 3.81. The van der Waals surface area contributed by atoms with Crippen LogP contribution in [0.4, 0.5) is 0 Å². The van der Waals surface area contributed by atoms with E-state index >= 15 is 0 Å². The van der Waals surface area contributed by atoms with Gasteiger partial charge in [0, 0.05) is 19.1 Å². The molecule has 120 valence electrons. The van der Waals surface area contributed by atoms with Gasteiger partial charge in [0.2, 0.25) is 0 Å². The van der Waals surface area contributed by atoms with E-state index in [0.717, 1.165) is 18.7 Å². The smallest absolute Gasteiger partial charge is 0.119 e. The maximum atomic E-state index is 10.3. The Kier molecular flexibility index (Phi) is 6.90. The van der Waals surface area contributed by atoms with E-state index in [1.807, 2.05) is 30.3 Å². The molecule has 4 heteroatoms. The molecule has 0 saturated carbocycles. The van der Waals surface area contributed by atoms with E-state index in [4.69, 9.17) is 4.74 Å². The van der Waals surface area contributed by atoms with Gasteiger partial charge in [-0.1, -0.05) is 25.1 Å². The van der Waals surface area contributed by atoms with Crippen molar-refractivity contribution in [3.8, 4) is 5.75 Å². The molecule has 0 fully saturated rings. The van der Waals surface area contributed by atoms with Crippen molar-refractivity contribution in [3.63, 3.8) is 0 Å². The Labute approximate surface area is 137 Å². The van der Waals surface area contributed by atoms with Gasteiger partial charge in [0.1, 0.15) is 18.5 Å². The van der Waals surface area contributed by atoms with E-state index in [1.54, 1.807) is 11.3 Å². The van der Waals surface area contributed by atoms with Crippen molar-refractivity contribution in [1.82, 2.24) is 4.90 Å². The predicted molar refractivity (Wildman–Crippen MR) is 92.4 cm³/mol. The van der Waals surface area contributed by atoms with Gasteiger partial charge in [0.05, 0.1) is 0 Å². The Balaban J connectivity index is 1.85. The first kappa shape index (κ1) is 17.0. The van der Waals surface area contributed by atoms with Gasteiger partial charge in [-0.15, -0.1) is 0 Å². The topological polar surface area (TPSA) is 32.7 Å². The Morgan fingerprint density at radius 2 is 2.00 bits per heavy atom. The zero-order chi connectivity index (χ0) is 15.8. The van der Waals surface area contributed by atoms with Crippen LogP contribution in [0.15, 0.2) is 47.2 Å². The van der Waals surface area contributed by atoms with Crippen LogP contribution in [0.3, 0.4) is 0 Å². The lowest BCUT2D eigenvalue weighted by atomic mass is 10.1. The highest BCUT2D eigenvalue weighted by Crippen LogP contribution is 2.15. The highest BCUT2D eigenvalue weighted by Gasteiger charge is 2.17. The van der Waals surface area contributed by atoms with E-state index in [0.29, 0.717) is 19.2 Å². The lowest BCUT2D eigenvalue weighted by Crippen LogP contribution is -2.40. The second kappa shape index (κ2) is 8.93. The van der Waals surface area contributed by atoms with E-state index in [1.165, 1.54) is 5.56 Å². The van der Waals surface area contributed by atoms with Crippen molar-refractivity contribution >= 4 is 11.3 Å². The van der Waals surface area contributed by atoms with Crippen LogP contribution >= 0.6 is 11.3 Å². The quantitative estimate of drug-likeness (QED) is 0.763. The first-order valence-electron chi connectivity index (χ1n) is 7.80. The summed E-state index contributed by atoms with van der Waals surface area (Å²) in [6.45, 7) is 6.20. The van der Waals surface area contributed by atoms with E-state index < -0.39 is 6.10 Å². The summed E-state index contributed by atoms with van der Waals surface area (Å²) in [4.78, 5) is 2.32. The van der Waals surface area contributed by atoms with Gasteiger partial charge in [-0.2, -0.15) is 11.3 Å². The fourth-order valence-corrected chi connectivity index (χ4v) is 2.97.